The van der Waals surface area contributed by atoms with Gasteiger partial charge in [-0.3, -0.25) is 4.90 Å². The van der Waals surface area contributed by atoms with E-state index in [9.17, 15) is 17.2 Å². The molecule has 1 aliphatic rings. The van der Waals surface area contributed by atoms with Gasteiger partial charge < -0.3 is 9.64 Å². The molecule has 2 heterocycles. The van der Waals surface area contributed by atoms with Gasteiger partial charge in [-0.1, -0.05) is 28.1 Å². The van der Waals surface area contributed by atoms with E-state index in [-0.39, 0.29) is 0 Å². The average molecular weight is 576 g/mol. The maximum Gasteiger partial charge on any atom is 0.271 e. The first-order valence-corrected chi connectivity index (χ1v) is 13.6. The second kappa shape index (κ2) is 9.84. The first kappa shape index (κ1) is 24.7. The Morgan fingerprint density at radius 3 is 2.44 bits per heavy atom. The Labute approximate surface area is 216 Å². The zero-order valence-corrected chi connectivity index (χ0v) is 21.9. The molecule has 6 nitrogen and oxygen atoms in total. The summed E-state index contributed by atoms with van der Waals surface area (Å²) in [4.78, 5) is 3.97. The van der Waals surface area contributed by atoms with Crippen molar-refractivity contribution in [1.82, 2.24) is 8.87 Å². The van der Waals surface area contributed by atoms with Crippen LogP contribution in [0.1, 0.15) is 5.56 Å². The summed E-state index contributed by atoms with van der Waals surface area (Å²) in [5.41, 5.74) is 2.29. The molecule has 1 aromatic heterocycles. The number of halogens is 3. The van der Waals surface area contributed by atoms with Crippen LogP contribution in [0, 0.1) is 11.6 Å². The van der Waals surface area contributed by atoms with Crippen LogP contribution in [0.15, 0.2) is 76.2 Å². The van der Waals surface area contributed by atoms with Gasteiger partial charge in [0.05, 0.1) is 18.3 Å². The Morgan fingerprint density at radius 2 is 1.72 bits per heavy atom. The van der Waals surface area contributed by atoms with Gasteiger partial charge in [0, 0.05) is 54.8 Å². The molecule has 0 aliphatic carbocycles. The fourth-order valence-corrected chi connectivity index (χ4v) is 6.43. The van der Waals surface area contributed by atoms with Gasteiger partial charge in [-0.2, -0.15) is 0 Å². The number of hydrogen-bond acceptors (Lipinski definition) is 5. The molecule has 1 saturated heterocycles. The molecule has 0 saturated carbocycles. The molecule has 0 unspecified atom stereocenters. The molecule has 0 N–H and O–H groups in total. The summed E-state index contributed by atoms with van der Waals surface area (Å²) in [6.45, 7) is 3.67. The minimum Gasteiger partial charge on any atom is -0.495 e. The highest BCUT2D eigenvalue weighted by Gasteiger charge is 2.26. The minimum absolute atomic E-state index is 0.435. The van der Waals surface area contributed by atoms with Crippen molar-refractivity contribution < 1.29 is 21.9 Å². The van der Waals surface area contributed by atoms with Crippen molar-refractivity contribution in [2.45, 2.75) is 11.4 Å². The SMILES string of the molecule is COc1ccccc1N1CCN(Cc2cn(S(=O)(=O)c3ccc(F)cc3F)c3ccc(Br)cc23)CC1. The van der Waals surface area contributed by atoms with E-state index in [1.165, 1.54) is 0 Å². The second-order valence-corrected chi connectivity index (χ2v) is 11.3. The monoisotopic (exact) mass is 575 g/mol. The number of hydrogen-bond donors (Lipinski definition) is 0. The smallest absolute Gasteiger partial charge is 0.271 e. The van der Waals surface area contributed by atoms with E-state index in [0.29, 0.717) is 18.1 Å². The third-order valence-electron chi connectivity index (χ3n) is 6.44. The van der Waals surface area contributed by atoms with Gasteiger partial charge in [-0.15, -0.1) is 0 Å². The van der Waals surface area contributed by atoms with Crippen molar-refractivity contribution in [2.24, 2.45) is 0 Å². The lowest BCUT2D eigenvalue weighted by Crippen LogP contribution is -2.46. The van der Waals surface area contributed by atoms with Gasteiger partial charge >= 0.3 is 0 Å². The Morgan fingerprint density at radius 1 is 0.972 bits per heavy atom. The maximum atomic E-state index is 14.4. The zero-order chi connectivity index (χ0) is 25.4. The van der Waals surface area contributed by atoms with Gasteiger partial charge in [-0.25, -0.2) is 21.2 Å². The highest BCUT2D eigenvalue weighted by Crippen LogP contribution is 2.32. The first-order chi connectivity index (χ1) is 17.3. The van der Waals surface area contributed by atoms with Crippen LogP contribution in [-0.2, 0) is 16.6 Å². The van der Waals surface area contributed by atoms with Crippen LogP contribution in [0.2, 0.25) is 0 Å². The molecular formula is C26H24BrF2N3O3S. The number of aromatic nitrogens is 1. The minimum atomic E-state index is -4.28. The summed E-state index contributed by atoms with van der Waals surface area (Å²) >= 11 is 3.47. The molecule has 10 heteroatoms. The molecule has 4 aromatic rings. The number of nitrogens with zero attached hydrogens (tertiary/aromatic N) is 3. The Balaban J connectivity index is 1.44. The molecule has 0 atom stereocenters. The normalized spacial score (nSPS) is 14.9. The molecule has 0 bridgehead atoms. The lowest BCUT2D eigenvalue weighted by atomic mass is 10.1. The standard InChI is InChI=1S/C26H24BrF2N3O3S/c1-35-25-5-3-2-4-24(25)31-12-10-30(11-13-31)16-18-17-32(23-8-6-19(27)14-21(18)23)36(33,34)26-9-7-20(28)15-22(26)29/h2-9,14-15,17H,10-13,16H2,1H3. The summed E-state index contributed by atoms with van der Waals surface area (Å²) in [5, 5.41) is 0.752. The van der Waals surface area contributed by atoms with Crippen LogP contribution in [0.5, 0.6) is 5.75 Å². The quantitative estimate of drug-likeness (QED) is 0.314. The largest absolute Gasteiger partial charge is 0.495 e. The Bertz CT molecular complexity index is 1530. The first-order valence-electron chi connectivity index (χ1n) is 11.4. The fourth-order valence-electron chi connectivity index (χ4n) is 4.63. The van der Waals surface area contributed by atoms with Crippen molar-refractivity contribution in [3.63, 3.8) is 0 Å². The van der Waals surface area contributed by atoms with Crippen molar-refractivity contribution in [3.8, 4) is 5.75 Å². The summed E-state index contributed by atoms with van der Waals surface area (Å²) in [7, 11) is -2.62. The number of piperazine rings is 1. The molecule has 188 valence electrons. The van der Waals surface area contributed by atoms with Crippen LogP contribution >= 0.6 is 15.9 Å². The van der Waals surface area contributed by atoms with Gasteiger partial charge in [0.2, 0.25) is 0 Å². The van der Waals surface area contributed by atoms with E-state index < -0.39 is 26.6 Å². The van der Waals surface area contributed by atoms with Gasteiger partial charge in [0.15, 0.2) is 0 Å². The molecule has 1 aliphatic heterocycles. The zero-order valence-electron chi connectivity index (χ0n) is 19.5. The third kappa shape index (κ3) is 4.60. The molecule has 0 spiro atoms. The maximum absolute atomic E-state index is 14.4. The van der Waals surface area contributed by atoms with E-state index >= 15 is 0 Å². The van der Waals surface area contributed by atoms with Crippen LogP contribution in [0.25, 0.3) is 10.9 Å². The third-order valence-corrected chi connectivity index (χ3v) is 8.64. The molecule has 1 fully saturated rings. The van der Waals surface area contributed by atoms with E-state index in [1.54, 1.807) is 25.4 Å². The summed E-state index contributed by atoms with van der Waals surface area (Å²) in [6.07, 6.45) is 1.54. The molecule has 0 radical (unpaired) electrons. The van der Waals surface area contributed by atoms with Crippen molar-refractivity contribution in [1.29, 1.82) is 0 Å². The number of para-hydroxylation sites is 2. The highest BCUT2D eigenvalue weighted by atomic mass is 79.9. The van der Waals surface area contributed by atoms with E-state index in [2.05, 4.69) is 25.7 Å². The average Bonchev–Trinajstić information content (AvgIpc) is 3.22. The Kier molecular flexibility index (Phi) is 6.76. The van der Waals surface area contributed by atoms with Gasteiger partial charge in [0.1, 0.15) is 22.3 Å². The number of methoxy groups -OCH3 is 1. The molecule has 36 heavy (non-hydrogen) atoms. The van der Waals surface area contributed by atoms with Crippen LogP contribution in [-0.4, -0.2) is 50.6 Å². The molecule has 3 aromatic carbocycles. The second-order valence-electron chi connectivity index (χ2n) is 8.63. The summed E-state index contributed by atoms with van der Waals surface area (Å²) in [5.74, 6) is -1.12. The Hall–Kier alpha value is -2.95. The van der Waals surface area contributed by atoms with Crippen molar-refractivity contribution in [3.05, 3.63) is 88.5 Å². The molecule has 0 amide bonds. The van der Waals surface area contributed by atoms with E-state index in [1.807, 2.05) is 30.3 Å². The van der Waals surface area contributed by atoms with Crippen molar-refractivity contribution in [2.75, 3.05) is 38.2 Å². The lowest BCUT2D eigenvalue weighted by molar-refractivity contribution is 0.250. The van der Waals surface area contributed by atoms with Crippen LogP contribution in [0.4, 0.5) is 14.5 Å². The lowest BCUT2D eigenvalue weighted by Gasteiger charge is -2.36. The van der Waals surface area contributed by atoms with Crippen LogP contribution < -0.4 is 9.64 Å². The number of fused-ring (bicyclic) bond motifs is 1. The van der Waals surface area contributed by atoms with Crippen molar-refractivity contribution >= 4 is 42.5 Å². The predicted octanol–water partition coefficient (Wildman–Crippen LogP) is 5.25. The number of rotatable bonds is 6. The van der Waals surface area contributed by atoms with Gasteiger partial charge in [-0.05, 0) is 48.0 Å². The van der Waals surface area contributed by atoms with Gasteiger partial charge in [0.25, 0.3) is 10.0 Å². The highest BCUT2D eigenvalue weighted by molar-refractivity contribution is 9.10. The topological polar surface area (TPSA) is 54.8 Å². The van der Waals surface area contributed by atoms with Crippen LogP contribution in [0.3, 0.4) is 0 Å². The summed E-state index contributed by atoms with van der Waals surface area (Å²) < 4.78 is 62.0. The number of ether oxygens (including phenoxy) is 1. The fraction of sp³-hybridized carbons (Fsp3) is 0.231. The number of benzene rings is 3. The summed E-state index contributed by atoms with van der Waals surface area (Å²) in [6, 6.07) is 15.7. The van der Waals surface area contributed by atoms with E-state index in [0.717, 1.165) is 69.1 Å². The number of anilines is 1. The van der Waals surface area contributed by atoms with E-state index in [4.69, 9.17) is 4.74 Å². The predicted molar refractivity (Wildman–Crippen MR) is 139 cm³/mol. The molecular weight excluding hydrogens is 552 g/mol. The molecule has 5 rings (SSSR count).